The van der Waals surface area contributed by atoms with Crippen molar-refractivity contribution in [2.45, 2.75) is 32.4 Å². The van der Waals surface area contributed by atoms with E-state index in [1.165, 1.54) is 17.8 Å². The van der Waals surface area contributed by atoms with Crippen LogP contribution in [0.25, 0.3) is 0 Å². The van der Waals surface area contributed by atoms with Gasteiger partial charge in [-0.3, -0.25) is 4.90 Å². The van der Waals surface area contributed by atoms with Crippen LogP contribution >= 0.6 is 11.3 Å². The lowest BCUT2D eigenvalue weighted by Crippen LogP contribution is -2.39. The number of thiophene rings is 1. The molecule has 1 aliphatic heterocycles. The molecule has 3 atom stereocenters. The lowest BCUT2D eigenvalue weighted by molar-refractivity contribution is 0.226. The van der Waals surface area contributed by atoms with Crippen LogP contribution in [-0.2, 0) is 0 Å². The van der Waals surface area contributed by atoms with Gasteiger partial charge in [0.15, 0.2) is 0 Å². The molecule has 3 heteroatoms. The monoisotopic (exact) mass is 238 g/mol. The largest absolute Gasteiger partial charge is 0.312 e. The molecule has 0 aliphatic carbocycles. The van der Waals surface area contributed by atoms with Crippen LogP contribution in [0, 0.1) is 5.92 Å². The first-order chi connectivity index (χ1) is 7.68. The Morgan fingerprint density at radius 3 is 3.00 bits per heavy atom. The Morgan fingerprint density at radius 1 is 1.62 bits per heavy atom. The summed E-state index contributed by atoms with van der Waals surface area (Å²) >= 11 is 1.86. The summed E-state index contributed by atoms with van der Waals surface area (Å²) in [6, 6.07) is 5.58. The van der Waals surface area contributed by atoms with E-state index >= 15 is 0 Å². The molecular formula is C13H22N2S. The fraction of sp³-hybridized carbons (Fsp3) is 0.692. The van der Waals surface area contributed by atoms with Gasteiger partial charge in [0, 0.05) is 23.5 Å². The molecule has 0 bridgehead atoms. The topological polar surface area (TPSA) is 15.3 Å². The predicted molar refractivity (Wildman–Crippen MR) is 70.9 cm³/mol. The van der Waals surface area contributed by atoms with Crippen molar-refractivity contribution in [2.24, 2.45) is 5.92 Å². The molecule has 2 heterocycles. The zero-order valence-corrected chi connectivity index (χ0v) is 11.3. The number of likely N-dealkylation sites (N-methyl/N-ethyl adjacent to an activating group) is 1. The Morgan fingerprint density at radius 2 is 2.44 bits per heavy atom. The number of nitrogens with one attached hydrogen (secondary N) is 1. The van der Waals surface area contributed by atoms with Gasteiger partial charge in [-0.2, -0.15) is 0 Å². The fourth-order valence-electron chi connectivity index (χ4n) is 2.36. The van der Waals surface area contributed by atoms with Crippen LogP contribution in [0.4, 0.5) is 0 Å². The summed E-state index contributed by atoms with van der Waals surface area (Å²) < 4.78 is 0. The van der Waals surface area contributed by atoms with Crippen molar-refractivity contribution in [1.29, 1.82) is 0 Å². The predicted octanol–water partition coefficient (Wildman–Crippen LogP) is 2.74. The third-order valence-corrected chi connectivity index (χ3v) is 4.84. The maximum absolute atomic E-state index is 3.60. The van der Waals surface area contributed by atoms with Gasteiger partial charge in [0.1, 0.15) is 0 Å². The minimum absolute atomic E-state index is 0.537. The maximum atomic E-state index is 3.60. The Labute approximate surface area is 103 Å². The zero-order valence-electron chi connectivity index (χ0n) is 10.4. The molecule has 1 aromatic rings. The lowest BCUT2D eigenvalue weighted by atomic mass is 10.0. The van der Waals surface area contributed by atoms with Gasteiger partial charge in [-0.25, -0.2) is 0 Å². The second kappa shape index (κ2) is 5.30. The van der Waals surface area contributed by atoms with E-state index in [1.807, 2.05) is 11.3 Å². The van der Waals surface area contributed by atoms with Crippen molar-refractivity contribution in [1.82, 2.24) is 10.2 Å². The minimum atomic E-state index is 0.537. The van der Waals surface area contributed by atoms with Gasteiger partial charge < -0.3 is 5.32 Å². The van der Waals surface area contributed by atoms with E-state index in [2.05, 4.69) is 48.6 Å². The molecule has 1 aliphatic rings. The molecule has 90 valence electrons. The molecule has 0 spiro atoms. The minimum Gasteiger partial charge on any atom is -0.312 e. The van der Waals surface area contributed by atoms with E-state index in [0.717, 1.165) is 12.5 Å². The Balaban J connectivity index is 1.90. The average molecular weight is 238 g/mol. The van der Waals surface area contributed by atoms with Crippen LogP contribution < -0.4 is 5.32 Å². The van der Waals surface area contributed by atoms with E-state index in [0.29, 0.717) is 12.1 Å². The summed E-state index contributed by atoms with van der Waals surface area (Å²) in [5.74, 6) is 0.818. The van der Waals surface area contributed by atoms with E-state index in [1.54, 1.807) is 0 Å². The van der Waals surface area contributed by atoms with Crippen LogP contribution in [0.5, 0.6) is 0 Å². The quantitative estimate of drug-likeness (QED) is 0.867. The molecule has 16 heavy (non-hydrogen) atoms. The van der Waals surface area contributed by atoms with Crippen molar-refractivity contribution in [3.63, 3.8) is 0 Å². The number of hydrogen-bond donors (Lipinski definition) is 1. The normalized spacial score (nSPS) is 27.5. The Bertz CT molecular complexity index is 310. The highest BCUT2D eigenvalue weighted by Gasteiger charge is 2.25. The highest BCUT2D eigenvalue weighted by molar-refractivity contribution is 7.10. The van der Waals surface area contributed by atoms with E-state index in [9.17, 15) is 0 Å². The highest BCUT2D eigenvalue weighted by Crippen LogP contribution is 2.25. The molecule has 3 unspecified atom stereocenters. The van der Waals surface area contributed by atoms with Gasteiger partial charge >= 0.3 is 0 Å². The van der Waals surface area contributed by atoms with Crippen LogP contribution in [-0.4, -0.2) is 31.1 Å². The molecule has 0 saturated carbocycles. The van der Waals surface area contributed by atoms with Gasteiger partial charge in [-0.05, 0) is 44.3 Å². The van der Waals surface area contributed by atoms with Crippen LogP contribution in [0.3, 0.4) is 0 Å². The zero-order chi connectivity index (χ0) is 11.5. The Hall–Kier alpha value is -0.380. The third-order valence-electron chi connectivity index (χ3n) is 3.79. The van der Waals surface area contributed by atoms with Gasteiger partial charge in [0.05, 0.1) is 0 Å². The second-order valence-corrected chi connectivity index (χ2v) is 5.94. The highest BCUT2D eigenvalue weighted by atomic mass is 32.1. The summed E-state index contributed by atoms with van der Waals surface area (Å²) in [7, 11) is 2.23. The van der Waals surface area contributed by atoms with Gasteiger partial charge in [-0.1, -0.05) is 13.0 Å². The third kappa shape index (κ3) is 2.65. The van der Waals surface area contributed by atoms with Gasteiger partial charge in [-0.15, -0.1) is 11.3 Å². The average Bonchev–Trinajstić information content (AvgIpc) is 2.89. The lowest BCUT2D eigenvalue weighted by Gasteiger charge is -2.28. The molecule has 0 radical (unpaired) electrons. The molecule has 1 N–H and O–H groups in total. The summed E-state index contributed by atoms with van der Waals surface area (Å²) in [5.41, 5.74) is 0. The van der Waals surface area contributed by atoms with Crippen molar-refractivity contribution < 1.29 is 0 Å². The molecular weight excluding hydrogens is 216 g/mol. The summed E-state index contributed by atoms with van der Waals surface area (Å²) in [5, 5.41) is 5.76. The van der Waals surface area contributed by atoms with Crippen LogP contribution in [0.2, 0.25) is 0 Å². The summed E-state index contributed by atoms with van der Waals surface area (Å²) in [6.07, 6.45) is 1.33. The van der Waals surface area contributed by atoms with Crippen molar-refractivity contribution in [3.05, 3.63) is 22.4 Å². The first-order valence-electron chi connectivity index (χ1n) is 6.15. The first-order valence-corrected chi connectivity index (χ1v) is 7.03. The number of rotatable bonds is 4. The molecule has 1 fully saturated rings. The number of nitrogens with zero attached hydrogens (tertiary/aromatic N) is 1. The fourth-order valence-corrected chi connectivity index (χ4v) is 3.21. The van der Waals surface area contributed by atoms with Crippen molar-refractivity contribution >= 4 is 11.3 Å². The van der Waals surface area contributed by atoms with Crippen LogP contribution in [0.15, 0.2) is 17.5 Å². The molecule has 0 aromatic carbocycles. The smallest absolute Gasteiger partial charge is 0.0410 e. The Kier molecular flexibility index (Phi) is 4.00. The summed E-state index contributed by atoms with van der Waals surface area (Å²) in [4.78, 5) is 3.93. The van der Waals surface area contributed by atoms with Crippen LogP contribution in [0.1, 0.15) is 31.2 Å². The molecule has 1 saturated heterocycles. The second-order valence-electron chi connectivity index (χ2n) is 4.96. The van der Waals surface area contributed by atoms with Gasteiger partial charge in [0.2, 0.25) is 0 Å². The van der Waals surface area contributed by atoms with Gasteiger partial charge in [0.25, 0.3) is 0 Å². The maximum Gasteiger partial charge on any atom is 0.0410 e. The van der Waals surface area contributed by atoms with Crippen molar-refractivity contribution in [2.75, 3.05) is 20.1 Å². The standard InChI is InChI=1S/C13H22N2S/c1-10-6-7-14-12(10)9-15(3)11(2)13-5-4-8-16-13/h4-5,8,10-12,14H,6-7,9H2,1-3H3. The molecule has 2 rings (SSSR count). The first kappa shape index (κ1) is 12.1. The number of hydrogen-bond acceptors (Lipinski definition) is 3. The van der Waals surface area contributed by atoms with E-state index in [4.69, 9.17) is 0 Å². The van der Waals surface area contributed by atoms with E-state index < -0.39 is 0 Å². The summed E-state index contributed by atoms with van der Waals surface area (Å²) in [6.45, 7) is 6.99. The molecule has 0 amide bonds. The molecule has 1 aromatic heterocycles. The van der Waals surface area contributed by atoms with Crippen molar-refractivity contribution in [3.8, 4) is 0 Å². The van der Waals surface area contributed by atoms with E-state index in [-0.39, 0.29) is 0 Å². The molecule has 2 nitrogen and oxygen atoms in total. The SMILES string of the molecule is CC1CCNC1CN(C)C(C)c1cccs1.